The van der Waals surface area contributed by atoms with Gasteiger partial charge in [0, 0.05) is 45.1 Å². The molecule has 0 aliphatic carbocycles. The lowest BCUT2D eigenvalue weighted by atomic mass is 10.0. The number of para-hydroxylation sites is 2. The van der Waals surface area contributed by atoms with Gasteiger partial charge in [-0.25, -0.2) is 0 Å². The SMILES string of the molecule is CC(=O)N1CCN(c2ccccc2NC(=O)C(Cc2ccccc2)NC(=O)c2ccccc2)CC1. The molecule has 3 aromatic rings. The molecule has 35 heavy (non-hydrogen) atoms. The summed E-state index contributed by atoms with van der Waals surface area (Å²) in [6, 6.07) is 25.4. The fourth-order valence-corrected chi connectivity index (χ4v) is 4.23. The van der Waals surface area contributed by atoms with Crippen LogP contribution in [0.1, 0.15) is 22.8 Å². The predicted octanol–water partition coefficient (Wildman–Crippen LogP) is 3.33. The Hall–Kier alpha value is -4.13. The molecule has 1 heterocycles. The molecule has 4 rings (SSSR count). The minimum absolute atomic E-state index is 0.0733. The van der Waals surface area contributed by atoms with Crippen LogP contribution in [0.25, 0.3) is 0 Å². The van der Waals surface area contributed by atoms with E-state index in [1.165, 1.54) is 0 Å². The molecule has 3 aromatic carbocycles. The van der Waals surface area contributed by atoms with E-state index in [1.807, 2.05) is 65.6 Å². The summed E-state index contributed by atoms with van der Waals surface area (Å²) in [6.45, 7) is 4.23. The lowest BCUT2D eigenvalue weighted by Crippen LogP contribution is -2.48. The van der Waals surface area contributed by atoms with Crippen molar-refractivity contribution in [1.82, 2.24) is 10.2 Å². The van der Waals surface area contributed by atoms with Crippen LogP contribution in [0.15, 0.2) is 84.9 Å². The van der Waals surface area contributed by atoms with Crippen molar-refractivity contribution in [1.29, 1.82) is 0 Å². The number of piperazine rings is 1. The van der Waals surface area contributed by atoms with E-state index in [4.69, 9.17) is 0 Å². The standard InChI is InChI=1S/C28H30N4O3/c1-21(33)31-16-18-32(19-17-31)26-15-9-8-14-24(26)29-28(35)25(20-22-10-4-2-5-11-22)30-27(34)23-12-6-3-7-13-23/h2-15,25H,16-20H2,1H3,(H,29,35)(H,30,34). The Morgan fingerprint density at radius 1 is 0.800 bits per heavy atom. The monoisotopic (exact) mass is 470 g/mol. The Bertz CT molecular complexity index is 1160. The molecule has 0 aromatic heterocycles. The van der Waals surface area contributed by atoms with E-state index in [1.54, 1.807) is 31.2 Å². The second-order valence-electron chi connectivity index (χ2n) is 8.58. The number of hydrogen-bond acceptors (Lipinski definition) is 4. The lowest BCUT2D eigenvalue weighted by Gasteiger charge is -2.36. The molecule has 180 valence electrons. The molecule has 2 N–H and O–H groups in total. The smallest absolute Gasteiger partial charge is 0.251 e. The number of nitrogens with zero attached hydrogens (tertiary/aromatic N) is 2. The first-order valence-electron chi connectivity index (χ1n) is 11.8. The van der Waals surface area contributed by atoms with Gasteiger partial charge in [0.05, 0.1) is 11.4 Å². The van der Waals surface area contributed by atoms with Crippen molar-refractivity contribution in [2.75, 3.05) is 36.4 Å². The van der Waals surface area contributed by atoms with Crippen LogP contribution in [0.3, 0.4) is 0 Å². The first-order chi connectivity index (χ1) is 17.0. The van der Waals surface area contributed by atoms with Gasteiger partial charge in [-0.2, -0.15) is 0 Å². The Labute approximate surface area is 205 Å². The van der Waals surface area contributed by atoms with Gasteiger partial charge in [0.1, 0.15) is 6.04 Å². The Kier molecular flexibility index (Phi) is 7.77. The minimum atomic E-state index is -0.757. The normalized spacial score (nSPS) is 14.2. The van der Waals surface area contributed by atoms with Crippen molar-refractivity contribution in [2.45, 2.75) is 19.4 Å². The topological polar surface area (TPSA) is 81.8 Å². The zero-order valence-electron chi connectivity index (χ0n) is 19.8. The maximum Gasteiger partial charge on any atom is 0.251 e. The van der Waals surface area contributed by atoms with Gasteiger partial charge in [0.25, 0.3) is 5.91 Å². The van der Waals surface area contributed by atoms with Crippen molar-refractivity contribution in [2.24, 2.45) is 0 Å². The van der Waals surface area contributed by atoms with Crippen LogP contribution in [0.4, 0.5) is 11.4 Å². The maximum absolute atomic E-state index is 13.5. The lowest BCUT2D eigenvalue weighted by molar-refractivity contribution is -0.129. The highest BCUT2D eigenvalue weighted by molar-refractivity contribution is 6.02. The molecule has 0 spiro atoms. The molecule has 1 aliphatic rings. The van der Waals surface area contributed by atoms with E-state index in [-0.39, 0.29) is 17.7 Å². The van der Waals surface area contributed by atoms with Crippen molar-refractivity contribution < 1.29 is 14.4 Å². The van der Waals surface area contributed by atoms with E-state index in [2.05, 4.69) is 15.5 Å². The first-order valence-corrected chi connectivity index (χ1v) is 11.8. The van der Waals surface area contributed by atoms with Crippen LogP contribution in [0, 0.1) is 0 Å². The molecule has 1 unspecified atom stereocenters. The maximum atomic E-state index is 13.5. The van der Waals surface area contributed by atoms with Crippen LogP contribution in [-0.4, -0.2) is 54.8 Å². The molecular weight excluding hydrogens is 440 g/mol. The highest BCUT2D eigenvalue weighted by atomic mass is 16.2. The van der Waals surface area contributed by atoms with Crippen LogP contribution in [0.2, 0.25) is 0 Å². The van der Waals surface area contributed by atoms with Gasteiger partial charge in [-0.3, -0.25) is 14.4 Å². The van der Waals surface area contributed by atoms with Crippen LogP contribution in [-0.2, 0) is 16.0 Å². The van der Waals surface area contributed by atoms with Gasteiger partial charge in [-0.1, -0.05) is 60.7 Å². The zero-order chi connectivity index (χ0) is 24.6. The number of hydrogen-bond donors (Lipinski definition) is 2. The average molecular weight is 471 g/mol. The van der Waals surface area contributed by atoms with Crippen LogP contribution >= 0.6 is 0 Å². The van der Waals surface area contributed by atoms with Gasteiger partial charge in [-0.05, 0) is 29.8 Å². The van der Waals surface area contributed by atoms with E-state index in [0.717, 1.165) is 11.3 Å². The zero-order valence-corrected chi connectivity index (χ0v) is 19.8. The molecule has 1 saturated heterocycles. The molecule has 7 nitrogen and oxygen atoms in total. The van der Waals surface area contributed by atoms with Gasteiger partial charge < -0.3 is 20.4 Å². The summed E-state index contributed by atoms with van der Waals surface area (Å²) in [5.74, 6) is -0.507. The summed E-state index contributed by atoms with van der Waals surface area (Å²) in [7, 11) is 0. The number of benzene rings is 3. The third-order valence-electron chi connectivity index (χ3n) is 6.17. The van der Waals surface area contributed by atoms with E-state index < -0.39 is 6.04 Å². The largest absolute Gasteiger partial charge is 0.366 e. The second kappa shape index (κ2) is 11.3. The molecule has 0 saturated carbocycles. The average Bonchev–Trinajstić information content (AvgIpc) is 2.89. The van der Waals surface area contributed by atoms with Gasteiger partial charge in [0.2, 0.25) is 11.8 Å². The fraction of sp³-hybridized carbons (Fsp3) is 0.250. The first kappa shape index (κ1) is 24.0. The number of carbonyl (C=O) groups is 3. The van der Waals surface area contributed by atoms with E-state index in [9.17, 15) is 14.4 Å². The van der Waals surface area contributed by atoms with Gasteiger partial charge in [0.15, 0.2) is 0 Å². The Morgan fingerprint density at radius 3 is 2.06 bits per heavy atom. The fourth-order valence-electron chi connectivity index (χ4n) is 4.23. The Balaban J connectivity index is 1.52. The van der Waals surface area contributed by atoms with Crippen molar-refractivity contribution in [3.05, 3.63) is 96.1 Å². The Morgan fingerprint density at radius 2 is 1.40 bits per heavy atom. The third kappa shape index (κ3) is 6.26. The summed E-state index contributed by atoms with van der Waals surface area (Å²) in [5.41, 5.74) is 3.04. The number of carbonyl (C=O) groups excluding carboxylic acids is 3. The molecule has 7 heteroatoms. The number of rotatable bonds is 7. The van der Waals surface area contributed by atoms with Crippen molar-refractivity contribution >= 4 is 29.1 Å². The van der Waals surface area contributed by atoms with Crippen molar-refractivity contribution in [3.8, 4) is 0 Å². The van der Waals surface area contributed by atoms with Crippen LogP contribution < -0.4 is 15.5 Å². The third-order valence-corrected chi connectivity index (χ3v) is 6.17. The highest BCUT2D eigenvalue weighted by Crippen LogP contribution is 2.27. The van der Waals surface area contributed by atoms with Crippen molar-refractivity contribution in [3.63, 3.8) is 0 Å². The molecular formula is C28H30N4O3. The molecule has 0 radical (unpaired) electrons. The molecule has 3 amide bonds. The summed E-state index contributed by atoms with van der Waals surface area (Å²) in [6.07, 6.45) is 0.366. The van der Waals surface area contributed by atoms with Gasteiger partial charge >= 0.3 is 0 Å². The number of nitrogens with one attached hydrogen (secondary N) is 2. The summed E-state index contributed by atoms with van der Waals surface area (Å²) in [4.78, 5) is 42.0. The van der Waals surface area contributed by atoms with Gasteiger partial charge in [-0.15, -0.1) is 0 Å². The summed E-state index contributed by atoms with van der Waals surface area (Å²) in [5, 5.41) is 5.95. The van der Waals surface area contributed by atoms with Crippen LogP contribution in [0.5, 0.6) is 0 Å². The number of amides is 3. The molecule has 1 fully saturated rings. The second-order valence-corrected chi connectivity index (χ2v) is 8.58. The minimum Gasteiger partial charge on any atom is -0.366 e. The predicted molar refractivity (Wildman–Crippen MR) is 137 cm³/mol. The van der Waals surface area contributed by atoms with E-state index >= 15 is 0 Å². The molecule has 1 atom stereocenters. The summed E-state index contributed by atoms with van der Waals surface area (Å²) >= 11 is 0. The molecule has 0 bridgehead atoms. The summed E-state index contributed by atoms with van der Waals surface area (Å²) < 4.78 is 0. The van der Waals surface area contributed by atoms with E-state index in [0.29, 0.717) is 43.9 Å². The number of anilines is 2. The molecule has 1 aliphatic heterocycles. The quantitative estimate of drug-likeness (QED) is 0.555. The highest BCUT2D eigenvalue weighted by Gasteiger charge is 2.25.